The number of rotatable bonds is 3. The molecule has 0 aliphatic heterocycles. The first-order valence-electron chi connectivity index (χ1n) is 11.0. The van der Waals surface area contributed by atoms with Crippen LogP contribution in [0.2, 0.25) is 0 Å². The van der Waals surface area contributed by atoms with E-state index >= 15 is 0 Å². The second kappa shape index (κ2) is 6.93. The Morgan fingerprint density at radius 3 is 2.70 bits per heavy atom. The van der Waals surface area contributed by atoms with Crippen LogP contribution in [0.4, 0.5) is 4.79 Å². The van der Waals surface area contributed by atoms with E-state index in [0.29, 0.717) is 36.6 Å². The van der Waals surface area contributed by atoms with Crippen molar-refractivity contribution in [2.45, 2.75) is 84.7 Å². The maximum absolute atomic E-state index is 12.0. The lowest BCUT2D eigenvalue weighted by atomic mass is 9.47. The standard InChI is InChI=1S/C23H34O4/c1-4-13-26-21(25)27-20-8-7-18-17-6-5-15-14-16(24)9-11-22(15,2)19(17)10-12-23(18,20)3/h14,17-20H,4-13H2,1-3H3/t17-,18-,19-,20-,22-,23-/m0/s1. The van der Waals surface area contributed by atoms with Crippen molar-refractivity contribution in [3.05, 3.63) is 11.6 Å². The van der Waals surface area contributed by atoms with E-state index in [4.69, 9.17) is 9.47 Å². The summed E-state index contributed by atoms with van der Waals surface area (Å²) in [7, 11) is 0. The van der Waals surface area contributed by atoms with Gasteiger partial charge >= 0.3 is 6.16 Å². The lowest BCUT2D eigenvalue weighted by Crippen LogP contribution is -2.51. The minimum Gasteiger partial charge on any atom is -0.434 e. The van der Waals surface area contributed by atoms with E-state index in [0.717, 1.165) is 38.5 Å². The first kappa shape index (κ1) is 19.0. The molecule has 0 unspecified atom stereocenters. The number of fused-ring (bicyclic) bond motifs is 5. The van der Waals surface area contributed by atoms with Crippen LogP contribution in [-0.4, -0.2) is 24.6 Å². The molecule has 0 aromatic heterocycles. The van der Waals surface area contributed by atoms with Crippen LogP contribution >= 0.6 is 0 Å². The third-order valence-corrected chi connectivity index (χ3v) is 8.54. The normalized spacial score (nSPS) is 43.2. The number of carbonyl (C=O) groups is 2. The quantitative estimate of drug-likeness (QED) is 0.616. The summed E-state index contributed by atoms with van der Waals surface area (Å²) in [5, 5.41) is 0. The van der Waals surface area contributed by atoms with Crippen molar-refractivity contribution in [1.82, 2.24) is 0 Å². The van der Waals surface area contributed by atoms with Gasteiger partial charge < -0.3 is 9.47 Å². The maximum Gasteiger partial charge on any atom is 0.508 e. The minimum absolute atomic E-state index is 0.00881. The smallest absolute Gasteiger partial charge is 0.434 e. The van der Waals surface area contributed by atoms with Gasteiger partial charge in [0.05, 0.1) is 6.61 Å². The molecule has 0 radical (unpaired) electrons. The van der Waals surface area contributed by atoms with Crippen molar-refractivity contribution in [2.24, 2.45) is 28.6 Å². The van der Waals surface area contributed by atoms with E-state index in [1.54, 1.807) is 0 Å². The number of ketones is 1. The maximum atomic E-state index is 12.0. The molecular formula is C23H34O4. The second-order valence-corrected chi connectivity index (χ2v) is 9.80. The lowest BCUT2D eigenvalue weighted by Gasteiger charge is -2.57. The molecule has 4 nitrogen and oxygen atoms in total. The van der Waals surface area contributed by atoms with Gasteiger partial charge in [-0.2, -0.15) is 0 Å². The fourth-order valence-corrected chi connectivity index (χ4v) is 7.04. The van der Waals surface area contributed by atoms with Gasteiger partial charge in [-0.3, -0.25) is 4.79 Å². The third-order valence-electron chi connectivity index (χ3n) is 8.54. The van der Waals surface area contributed by atoms with Gasteiger partial charge in [-0.25, -0.2) is 4.79 Å². The Balaban J connectivity index is 1.51. The summed E-state index contributed by atoms with van der Waals surface area (Å²) in [6, 6.07) is 0. The molecule has 27 heavy (non-hydrogen) atoms. The van der Waals surface area contributed by atoms with Crippen LogP contribution in [0.1, 0.15) is 78.6 Å². The Hall–Kier alpha value is -1.32. The highest BCUT2D eigenvalue weighted by Gasteiger charge is 2.60. The van der Waals surface area contributed by atoms with Crippen molar-refractivity contribution < 1.29 is 19.1 Å². The van der Waals surface area contributed by atoms with Gasteiger partial charge in [-0.05, 0) is 80.6 Å². The molecule has 4 heteroatoms. The van der Waals surface area contributed by atoms with Crippen LogP contribution in [0.3, 0.4) is 0 Å². The number of hydrogen-bond acceptors (Lipinski definition) is 4. The van der Waals surface area contributed by atoms with Crippen molar-refractivity contribution in [3.8, 4) is 0 Å². The molecule has 4 rings (SSSR count). The van der Waals surface area contributed by atoms with Gasteiger partial charge in [0.2, 0.25) is 0 Å². The molecule has 0 aromatic carbocycles. The molecular weight excluding hydrogens is 340 g/mol. The predicted octanol–water partition coefficient (Wildman–Crippen LogP) is 5.45. The topological polar surface area (TPSA) is 52.6 Å². The molecule has 0 saturated heterocycles. The molecule has 3 saturated carbocycles. The first-order chi connectivity index (χ1) is 12.9. The first-order valence-corrected chi connectivity index (χ1v) is 11.0. The van der Waals surface area contributed by atoms with Crippen LogP contribution in [0.25, 0.3) is 0 Å². The van der Waals surface area contributed by atoms with Crippen LogP contribution in [0.5, 0.6) is 0 Å². The van der Waals surface area contributed by atoms with Gasteiger partial charge in [-0.15, -0.1) is 0 Å². The highest BCUT2D eigenvalue weighted by atomic mass is 16.7. The van der Waals surface area contributed by atoms with E-state index in [1.807, 2.05) is 13.0 Å². The largest absolute Gasteiger partial charge is 0.508 e. The van der Waals surface area contributed by atoms with Crippen LogP contribution in [-0.2, 0) is 14.3 Å². The number of ether oxygens (including phenoxy) is 2. The summed E-state index contributed by atoms with van der Waals surface area (Å²) in [6.07, 6.45) is 10.7. The Kier molecular flexibility index (Phi) is 4.88. The zero-order chi connectivity index (χ0) is 19.2. The molecule has 4 aliphatic carbocycles. The fraction of sp³-hybridized carbons (Fsp3) is 0.826. The summed E-state index contributed by atoms with van der Waals surface area (Å²) >= 11 is 0. The minimum atomic E-state index is -0.488. The molecule has 0 amide bonds. The predicted molar refractivity (Wildman–Crippen MR) is 103 cm³/mol. The monoisotopic (exact) mass is 374 g/mol. The van der Waals surface area contributed by atoms with Crippen LogP contribution in [0.15, 0.2) is 11.6 Å². The van der Waals surface area contributed by atoms with Gasteiger partial charge in [0.15, 0.2) is 5.78 Å². The van der Waals surface area contributed by atoms with Crippen LogP contribution < -0.4 is 0 Å². The molecule has 0 N–H and O–H groups in total. The van der Waals surface area contributed by atoms with Gasteiger partial charge in [0.25, 0.3) is 0 Å². The number of allylic oxidation sites excluding steroid dienone is 1. The van der Waals surface area contributed by atoms with E-state index in [-0.39, 0.29) is 16.9 Å². The average molecular weight is 375 g/mol. The molecule has 0 spiro atoms. The number of carbonyl (C=O) groups excluding carboxylic acids is 2. The highest BCUT2D eigenvalue weighted by Crippen LogP contribution is 2.65. The highest BCUT2D eigenvalue weighted by molar-refractivity contribution is 5.91. The SMILES string of the molecule is CCCOC(=O)O[C@H]1CC[C@H]2[C@@H]3CCC4=CC(=O)CC[C@]4(C)[C@H]3CC[C@]12C. The van der Waals surface area contributed by atoms with Crippen molar-refractivity contribution in [1.29, 1.82) is 0 Å². The molecule has 150 valence electrons. The summed E-state index contributed by atoms with van der Waals surface area (Å²) in [5.41, 5.74) is 1.70. The molecule has 0 heterocycles. The molecule has 0 bridgehead atoms. The van der Waals surface area contributed by atoms with Crippen LogP contribution in [0, 0.1) is 28.6 Å². The average Bonchev–Trinajstić information content (AvgIpc) is 2.97. The van der Waals surface area contributed by atoms with Gasteiger partial charge in [0, 0.05) is 11.8 Å². The molecule has 4 aliphatic rings. The van der Waals surface area contributed by atoms with E-state index in [2.05, 4.69) is 13.8 Å². The Morgan fingerprint density at radius 1 is 1.11 bits per heavy atom. The van der Waals surface area contributed by atoms with Crippen molar-refractivity contribution >= 4 is 11.9 Å². The second-order valence-electron chi connectivity index (χ2n) is 9.80. The Labute approximate surface area is 163 Å². The Bertz CT molecular complexity index is 653. The van der Waals surface area contributed by atoms with Gasteiger partial charge in [-0.1, -0.05) is 26.3 Å². The molecule has 3 fully saturated rings. The zero-order valence-corrected chi connectivity index (χ0v) is 17.1. The summed E-state index contributed by atoms with van der Waals surface area (Å²) in [5.74, 6) is 2.31. The third kappa shape index (κ3) is 3.03. The Morgan fingerprint density at radius 2 is 1.93 bits per heavy atom. The van der Waals surface area contributed by atoms with Gasteiger partial charge in [0.1, 0.15) is 6.10 Å². The van der Waals surface area contributed by atoms with Crippen molar-refractivity contribution in [2.75, 3.05) is 6.61 Å². The number of hydrogen-bond donors (Lipinski definition) is 0. The fourth-order valence-electron chi connectivity index (χ4n) is 7.04. The van der Waals surface area contributed by atoms with E-state index < -0.39 is 6.16 Å². The van der Waals surface area contributed by atoms with E-state index in [1.165, 1.54) is 18.4 Å². The molecule has 0 aromatic rings. The summed E-state index contributed by atoms with van der Waals surface area (Å²) in [4.78, 5) is 24.0. The van der Waals surface area contributed by atoms with Crippen molar-refractivity contribution in [3.63, 3.8) is 0 Å². The summed E-state index contributed by atoms with van der Waals surface area (Å²) < 4.78 is 11.0. The lowest BCUT2D eigenvalue weighted by molar-refractivity contribution is -0.118. The summed E-state index contributed by atoms with van der Waals surface area (Å²) in [6.45, 7) is 7.18. The zero-order valence-electron chi connectivity index (χ0n) is 17.1. The molecule has 6 atom stereocenters. The van der Waals surface area contributed by atoms with E-state index in [9.17, 15) is 9.59 Å².